The normalized spacial score (nSPS) is 15.1. The first kappa shape index (κ1) is 17.3. The maximum atomic E-state index is 9.56. The number of rotatable bonds is 3. The van der Waals surface area contributed by atoms with E-state index >= 15 is 0 Å². The van der Waals surface area contributed by atoms with E-state index in [2.05, 4.69) is 44.5 Å². The first-order valence-corrected chi connectivity index (χ1v) is 9.26. The molecule has 0 radical (unpaired) electrons. The summed E-state index contributed by atoms with van der Waals surface area (Å²) >= 11 is 0. The first-order chi connectivity index (χ1) is 13.1. The Morgan fingerprint density at radius 3 is 2.70 bits per heavy atom. The van der Waals surface area contributed by atoms with Crippen LogP contribution in [0.5, 0.6) is 5.75 Å². The number of hydrogen-bond acceptors (Lipinski definition) is 5. The van der Waals surface area contributed by atoms with E-state index < -0.39 is 0 Å². The molecule has 6 heteroatoms. The van der Waals surface area contributed by atoms with E-state index in [0.717, 1.165) is 54.3 Å². The van der Waals surface area contributed by atoms with Gasteiger partial charge in [0.05, 0.1) is 12.8 Å². The van der Waals surface area contributed by atoms with E-state index in [1.165, 1.54) is 10.9 Å². The van der Waals surface area contributed by atoms with Crippen LogP contribution in [0.2, 0.25) is 0 Å². The van der Waals surface area contributed by atoms with E-state index in [1.807, 2.05) is 19.9 Å². The highest BCUT2D eigenvalue weighted by Gasteiger charge is 2.26. The molecule has 4 rings (SSSR count). The fraction of sp³-hybridized carbons (Fsp3) is 0.381. The molecule has 2 aromatic heterocycles. The Morgan fingerprint density at radius 1 is 1.22 bits per heavy atom. The molecule has 3 aromatic rings. The van der Waals surface area contributed by atoms with E-state index in [-0.39, 0.29) is 0 Å². The number of nitrogens with zero attached hydrogens (tertiary/aromatic N) is 4. The molecule has 1 N–H and O–H groups in total. The lowest BCUT2D eigenvalue weighted by Crippen LogP contribution is -2.34. The van der Waals surface area contributed by atoms with Gasteiger partial charge in [-0.3, -0.25) is 0 Å². The van der Waals surface area contributed by atoms with Crippen molar-refractivity contribution in [1.29, 1.82) is 5.26 Å². The number of anilines is 1. The molecular formula is C21H23N5O. The van der Waals surface area contributed by atoms with Gasteiger partial charge in [0.15, 0.2) is 5.82 Å². The van der Waals surface area contributed by atoms with Gasteiger partial charge < -0.3 is 14.6 Å². The Hall–Kier alpha value is -3.07. The molecule has 0 unspecified atom stereocenters. The van der Waals surface area contributed by atoms with Crippen LogP contribution in [0, 0.1) is 25.2 Å². The highest BCUT2D eigenvalue weighted by Crippen LogP contribution is 2.36. The highest BCUT2D eigenvalue weighted by atomic mass is 16.5. The van der Waals surface area contributed by atoms with E-state index in [1.54, 1.807) is 7.11 Å². The second-order valence-corrected chi connectivity index (χ2v) is 7.14. The highest BCUT2D eigenvalue weighted by molar-refractivity contribution is 5.85. The van der Waals surface area contributed by atoms with Crippen molar-refractivity contribution in [3.63, 3.8) is 0 Å². The van der Waals surface area contributed by atoms with Crippen LogP contribution in [0.15, 0.2) is 24.4 Å². The number of ether oxygens (including phenoxy) is 1. The second-order valence-electron chi connectivity index (χ2n) is 7.14. The molecule has 0 bridgehead atoms. The molecule has 1 aliphatic heterocycles. The predicted octanol–water partition coefficient (Wildman–Crippen LogP) is 3.84. The summed E-state index contributed by atoms with van der Waals surface area (Å²) in [6.45, 7) is 5.57. The van der Waals surface area contributed by atoms with Crippen LogP contribution in [0.1, 0.15) is 41.1 Å². The SMILES string of the molecule is COc1ccc2[nH]cc(C3CCN(c4nnc(C)c(C)c4C#N)CC3)c2c1. The minimum absolute atomic E-state index is 0.479. The molecule has 0 spiro atoms. The monoisotopic (exact) mass is 361 g/mol. The molecule has 0 atom stereocenters. The number of aryl methyl sites for hydroxylation is 1. The van der Waals surface area contributed by atoms with Gasteiger partial charge in [0.25, 0.3) is 0 Å². The number of nitriles is 1. The number of piperidine rings is 1. The third kappa shape index (κ3) is 2.99. The summed E-state index contributed by atoms with van der Waals surface area (Å²) in [5.74, 6) is 2.08. The van der Waals surface area contributed by atoms with Crippen LogP contribution < -0.4 is 9.64 Å². The third-order valence-corrected chi connectivity index (χ3v) is 5.70. The van der Waals surface area contributed by atoms with Gasteiger partial charge in [-0.1, -0.05) is 0 Å². The van der Waals surface area contributed by atoms with Gasteiger partial charge in [-0.15, -0.1) is 5.10 Å². The number of H-pyrrole nitrogens is 1. The van der Waals surface area contributed by atoms with Crippen molar-refractivity contribution in [2.24, 2.45) is 0 Å². The maximum absolute atomic E-state index is 9.56. The van der Waals surface area contributed by atoms with Gasteiger partial charge in [0.2, 0.25) is 0 Å². The second kappa shape index (κ2) is 6.92. The molecule has 1 saturated heterocycles. The zero-order chi connectivity index (χ0) is 19.0. The minimum Gasteiger partial charge on any atom is -0.497 e. The average Bonchev–Trinajstić information content (AvgIpc) is 3.13. The van der Waals surface area contributed by atoms with Crippen LogP contribution in [0.4, 0.5) is 5.82 Å². The van der Waals surface area contributed by atoms with Crippen molar-refractivity contribution >= 4 is 16.7 Å². The first-order valence-electron chi connectivity index (χ1n) is 9.26. The quantitative estimate of drug-likeness (QED) is 0.767. The average molecular weight is 361 g/mol. The molecule has 1 fully saturated rings. The number of hydrogen-bond donors (Lipinski definition) is 1. The largest absolute Gasteiger partial charge is 0.497 e. The number of nitrogens with one attached hydrogen (secondary N) is 1. The van der Waals surface area contributed by atoms with Crippen molar-refractivity contribution in [2.45, 2.75) is 32.6 Å². The van der Waals surface area contributed by atoms with Crippen molar-refractivity contribution in [2.75, 3.05) is 25.1 Å². The molecule has 0 saturated carbocycles. The molecule has 0 amide bonds. The van der Waals surface area contributed by atoms with Gasteiger partial charge in [-0.2, -0.15) is 10.4 Å². The lowest BCUT2D eigenvalue weighted by atomic mass is 9.89. The Kier molecular flexibility index (Phi) is 4.44. The molecule has 3 heterocycles. The molecular weight excluding hydrogens is 338 g/mol. The number of aromatic nitrogens is 3. The van der Waals surface area contributed by atoms with Crippen LogP contribution in [-0.4, -0.2) is 35.4 Å². The Bertz CT molecular complexity index is 1020. The molecule has 27 heavy (non-hydrogen) atoms. The number of fused-ring (bicyclic) bond motifs is 1. The lowest BCUT2D eigenvalue weighted by molar-refractivity contribution is 0.415. The van der Waals surface area contributed by atoms with Crippen molar-refractivity contribution in [3.05, 3.63) is 46.8 Å². The number of benzene rings is 1. The van der Waals surface area contributed by atoms with Crippen molar-refractivity contribution in [1.82, 2.24) is 15.2 Å². The molecule has 138 valence electrons. The molecule has 1 aliphatic rings. The van der Waals surface area contributed by atoms with Gasteiger partial charge in [-0.25, -0.2) is 0 Å². The summed E-state index contributed by atoms with van der Waals surface area (Å²) in [6.07, 6.45) is 4.16. The van der Waals surface area contributed by atoms with Gasteiger partial charge in [0.1, 0.15) is 17.4 Å². The Labute approximate surface area is 158 Å². The summed E-state index contributed by atoms with van der Waals surface area (Å²) in [5.41, 5.74) is 4.87. The van der Waals surface area contributed by atoms with Crippen LogP contribution in [-0.2, 0) is 0 Å². The third-order valence-electron chi connectivity index (χ3n) is 5.70. The molecule has 0 aliphatic carbocycles. The van der Waals surface area contributed by atoms with Crippen LogP contribution in [0.25, 0.3) is 10.9 Å². The molecule has 6 nitrogen and oxygen atoms in total. The summed E-state index contributed by atoms with van der Waals surface area (Å²) < 4.78 is 5.39. The zero-order valence-electron chi connectivity index (χ0n) is 15.9. The minimum atomic E-state index is 0.479. The summed E-state index contributed by atoms with van der Waals surface area (Å²) in [4.78, 5) is 5.58. The zero-order valence-corrected chi connectivity index (χ0v) is 15.9. The van der Waals surface area contributed by atoms with Crippen LogP contribution in [0.3, 0.4) is 0 Å². The maximum Gasteiger partial charge on any atom is 0.169 e. The fourth-order valence-corrected chi connectivity index (χ4v) is 3.94. The van der Waals surface area contributed by atoms with Gasteiger partial charge >= 0.3 is 0 Å². The van der Waals surface area contributed by atoms with Crippen LogP contribution >= 0.6 is 0 Å². The van der Waals surface area contributed by atoms with Gasteiger partial charge in [0, 0.05) is 30.2 Å². The van der Waals surface area contributed by atoms with Gasteiger partial charge in [-0.05, 0) is 61.9 Å². The standard InChI is InChI=1S/C21H23N5O/c1-13-14(2)24-25-21(18(13)11-22)26-8-6-15(7-9-26)19-12-23-20-5-4-16(27-3)10-17(19)20/h4-5,10,12,15,23H,6-9H2,1-3H3. The predicted molar refractivity (Wildman–Crippen MR) is 105 cm³/mol. The topological polar surface area (TPSA) is 77.8 Å². The Balaban J connectivity index is 1.57. The van der Waals surface area contributed by atoms with E-state index in [4.69, 9.17) is 4.74 Å². The number of methoxy groups -OCH3 is 1. The van der Waals surface area contributed by atoms with E-state index in [9.17, 15) is 5.26 Å². The smallest absolute Gasteiger partial charge is 0.169 e. The lowest BCUT2D eigenvalue weighted by Gasteiger charge is -2.33. The summed E-state index contributed by atoms with van der Waals surface area (Å²) in [6, 6.07) is 8.47. The van der Waals surface area contributed by atoms with Crippen molar-refractivity contribution in [3.8, 4) is 11.8 Å². The van der Waals surface area contributed by atoms with Crippen molar-refractivity contribution < 1.29 is 4.74 Å². The molecule has 1 aromatic carbocycles. The van der Waals surface area contributed by atoms with E-state index in [0.29, 0.717) is 11.5 Å². The summed E-state index contributed by atoms with van der Waals surface area (Å²) in [5, 5.41) is 19.4. The number of aromatic amines is 1. The Morgan fingerprint density at radius 2 is 2.00 bits per heavy atom. The fourth-order valence-electron chi connectivity index (χ4n) is 3.94. The summed E-state index contributed by atoms with van der Waals surface area (Å²) in [7, 11) is 1.70.